The van der Waals surface area contributed by atoms with E-state index in [-0.39, 0.29) is 23.8 Å². The number of amides is 1. The lowest BCUT2D eigenvalue weighted by atomic mass is 9.92. The molecule has 19 heavy (non-hydrogen) atoms. The number of carbonyl (C=O) groups is 2. The van der Waals surface area contributed by atoms with Crippen molar-refractivity contribution in [3.05, 3.63) is 17.5 Å². The fourth-order valence-corrected chi connectivity index (χ4v) is 1.59. The molecule has 0 aliphatic rings. The molecule has 0 saturated heterocycles. The van der Waals surface area contributed by atoms with Gasteiger partial charge in [0.15, 0.2) is 0 Å². The molecule has 1 rings (SSSR count). The summed E-state index contributed by atoms with van der Waals surface area (Å²) in [5.74, 6) is -1.20. The number of carboxylic acid groups (broad SMARTS) is 1. The monoisotopic (exact) mass is 267 g/mol. The van der Waals surface area contributed by atoms with E-state index < -0.39 is 5.97 Å². The van der Waals surface area contributed by atoms with E-state index in [1.807, 2.05) is 20.8 Å². The zero-order chi connectivity index (χ0) is 14.8. The van der Waals surface area contributed by atoms with Gasteiger partial charge in [0.05, 0.1) is 6.42 Å². The van der Waals surface area contributed by atoms with E-state index in [0.29, 0.717) is 5.69 Å². The number of aromatic amines is 1. The maximum Gasteiger partial charge on any atom is 0.305 e. The van der Waals surface area contributed by atoms with Crippen molar-refractivity contribution in [2.75, 3.05) is 7.05 Å². The van der Waals surface area contributed by atoms with Crippen LogP contribution in [0.4, 0.5) is 0 Å². The van der Waals surface area contributed by atoms with E-state index in [1.165, 1.54) is 4.90 Å². The Balaban J connectivity index is 2.83. The molecule has 0 aromatic carbocycles. The fourth-order valence-electron chi connectivity index (χ4n) is 1.59. The highest BCUT2D eigenvalue weighted by atomic mass is 16.4. The number of hydrogen-bond acceptors (Lipinski definition) is 3. The van der Waals surface area contributed by atoms with Crippen LogP contribution in [0.3, 0.4) is 0 Å². The zero-order valence-electron chi connectivity index (χ0n) is 12.0. The minimum atomic E-state index is -0.926. The van der Waals surface area contributed by atoms with Crippen molar-refractivity contribution < 1.29 is 14.7 Å². The molecule has 0 spiro atoms. The first-order valence-corrected chi connectivity index (χ1v) is 6.17. The standard InChI is InChI=1S/C13H21N3O3/c1-8(6-11(17)18)16(5)12(19)9-7-10(15-14-9)13(2,3)4/h7-8H,6H2,1-5H3,(H,14,15)(H,17,18). The Morgan fingerprint density at radius 1 is 1.47 bits per heavy atom. The second kappa shape index (κ2) is 5.42. The Bertz CT molecular complexity index is 474. The fraction of sp³-hybridized carbons (Fsp3) is 0.615. The number of aromatic nitrogens is 2. The lowest BCUT2D eigenvalue weighted by Crippen LogP contribution is -2.36. The Morgan fingerprint density at radius 2 is 2.05 bits per heavy atom. The van der Waals surface area contributed by atoms with Crippen LogP contribution < -0.4 is 0 Å². The minimum Gasteiger partial charge on any atom is -0.481 e. The summed E-state index contributed by atoms with van der Waals surface area (Å²) < 4.78 is 0. The van der Waals surface area contributed by atoms with Crippen molar-refractivity contribution >= 4 is 11.9 Å². The molecule has 106 valence electrons. The van der Waals surface area contributed by atoms with Gasteiger partial charge in [0, 0.05) is 24.2 Å². The van der Waals surface area contributed by atoms with Gasteiger partial charge in [-0.05, 0) is 13.0 Å². The quantitative estimate of drug-likeness (QED) is 0.868. The predicted octanol–water partition coefficient (Wildman–Crippen LogP) is 1.64. The van der Waals surface area contributed by atoms with Crippen LogP contribution in [0.25, 0.3) is 0 Å². The molecule has 1 heterocycles. The molecule has 0 bridgehead atoms. The third-order valence-corrected chi connectivity index (χ3v) is 3.06. The molecule has 1 amide bonds. The van der Waals surface area contributed by atoms with Crippen molar-refractivity contribution in [3.63, 3.8) is 0 Å². The first-order chi connectivity index (χ1) is 8.62. The molecule has 1 unspecified atom stereocenters. The SMILES string of the molecule is CC(CC(=O)O)N(C)C(=O)c1cc(C(C)(C)C)[nH]n1. The molecular weight excluding hydrogens is 246 g/mol. The highest BCUT2D eigenvalue weighted by molar-refractivity contribution is 5.92. The van der Waals surface area contributed by atoms with E-state index >= 15 is 0 Å². The molecular formula is C13H21N3O3. The Kier molecular flexibility index (Phi) is 4.34. The molecule has 1 atom stereocenters. The summed E-state index contributed by atoms with van der Waals surface area (Å²) in [4.78, 5) is 24.2. The van der Waals surface area contributed by atoms with Crippen molar-refractivity contribution in [1.29, 1.82) is 0 Å². The largest absolute Gasteiger partial charge is 0.481 e. The van der Waals surface area contributed by atoms with Crippen LogP contribution >= 0.6 is 0 Å². The van der Waals surface area contributed by atoms with Gasteiger partial charge in [-0.15, -0.1) is 0 Å². The molecule has 6 heteroatoms. The molecule has 2 N–H and O–H groups in total. The highest BCUT2D eigenvalue weighted by Crippen LogP contribution is 2.21. The van der Waals surface area contributed by atoms with Gasteiger partial charge in [0.1, 0.15) is 5.69 Å². The third kappa shape index (κ3) is 3.81. The summed E-state index contributed by atoms with van der Waals surface area (Å²) in [5, 5.41) is 15.6. The molecule has 0 radical (unpaired) electrons. The van der Waals surface area contributed by atoms with E-state index in [2.05, 4.69) is 10.2 Å². The van der Waals surface area contributed by atoms with E-state index in [9.17, 15) is 9.59 Å². The number of hydrogen-bond donors (Lipinski definition) is 2. The van der Waals surface area contributed by atoms with Gasteiger partial charge in [0.2, 0.25) is 0 Å². The summed E-state index contributed by atoms with van der Waals surface area (Å²) in [6, 6.07) is 1.34. The van der Waals surface area contributed by atoms with Crippen LogP contribution in [0.5, 0.6) is 0 Å². The predicted molar refractivity (Wildman–Crippen MR) is 71.1 cm³/mol. The van der Waals surface area contributed by atoms with Crippen LogP contribution in [-0.2, 0) is 10.2 Å². The normalized spacial score (nSPS) is 13.1. The van der Waals surface area contributed by atoms with Crippen molar-refractivity contribution in [3.8, 4) is 0 Å². The van der Waals surface area contributed by atoms with Gasteiger partial charge in [0.25, 0.3) is 5.91 Å². The Morgan fingerprint density at radius 3 is 2.47 bits per heavy atom. The average Bonchev–Trinajstić information content (AvgIpc) is 2.74. The summed E-state index contributed by atoms with van der Waals surface area (Å²) >= 11 is 0. The molecule has 1 aromatic heterocycles. The van der Waals surface area contributed by atoms with Crippen molar-refractivity contribution in [1.82, 2.24) is 15.1 Å². The summed E-state index contributed by atoms with van der Waals surface area (Å²) in [7, 11) is 1.58. The first-order valence-electron chi connectivity index (χ1n) is 6.17. The molecule has 0 aliphatic heterocycles. The molecule has 0 fully saturated rings. The number of carboxylic acids is 1. The van der Waals surface area contributed by atoms with Crippen LogP contribution in [-0.4, -0.2) is 45.2 Å². The summed E-state index contributed by atoms with van der Waals surface area (Å²) in [6.07, 6.45) is -0.0845. The number of aliphatic carboxylic acids is 1. The molecule has 6 nitrogen and oxygen atoms in total. The first kappa shape index (κ1) is 15.2. The average molecular weight is 267 g/mol. The lowest BCUT2D eigenvalue weighted by Gasteiger charge is -2.22. The topological polar surface area (TPSA) is 86.3 Å². The van der Waals surface area contributed by atoms with Gasteiger partial charge in [-0.2, -0.15) is 5.10 Å². The van der Waals surface area contributed by atoms with Crippen molar-refractivity contribution in [2.24, 2.45) is 0 Å². The second-order valence-corrected chi connectivity index (χ2v) is 5.78. The smallest absolute Gasteiger partial charge is 0.305 e. The third-order valence-electron chi connectivity index (χ3n) is 3.06. The summed E-state index contributed by atoms with van der Waals surface area (Å²) in [6.45, 7) is 7.76. The van der Waals surface area contributed by atoms with Crippen molar-refractivity contribution in [2.45, 2.75) is 45.6 Å². The van der Waals surface area contributed by atoms with Gasteiger partial charge in [-0.1, -0.05) is 20.8 Å². The maximum atomic E-state index is 12.2. The lowest BCUT2D eigenvalue weighted by molar-refractivity contribution is -0.137. The number of H-pyrrole nitrogens is 1. The number of carbonyl (C=O) groups excluding carboxylic acids is 1. The van der Waals surface area contributed by atoms with Gasteiger partial charge in [-0.3, -0.25) is 14.7 Å². The maximum absolute atomic E-state index is 12.2. The van der Waals surface area contributed by atoms with Gasteiger partial charge >= 0.3 is 5.97 Å². The second-order valence-electron chi connectivity index (χ2n) is 5.78. The van der Waals surface area contributed by atoms with Gasteiger partial charge < -0.3 is 10.0 Å². The molecule has 0 aliphatic carbocycles. The Hall–Kier alpha value is -1.85. The van der Waals surface area contributed by atoms with Gasteiger partial charge in [-0.25, -0.2) is 0 Å². The molecule has 0 saturated carbocycles. The Labute approximate surface area is 112 Å². The van der Waals surface area contributed by atoms with E-state index in [4.69, 9.17) is 5.11 Å². The van der Waals surface area contributed by atoms with Crippen LogP contribution in [0.15, 0.2) is 6.07 Å². The number of nitrogens with zero attached hydrogens (tertiary/aromatic N) is 2. The number of rotatable bonds is 4. The zero-order valence-corrected chi connectivity index (χ0v) is 12.0. The van der Waals surface area contributed by atoms with Crippen LogP contribution in [0.2, 0.25) is 0 Å². The van der Waals surface area contributed by atoms with Crippen LogP contribution in [0.1, 0.15) is 50.3 Å². The van der Waals surface area contributed by atoms with Crippen LogP contribution in [0, 0.1) is 0 Å². The van der Waals surface area contributed by atoms with E-state index in [1.54, 1.807) is 20.0 Å². The summed E-state index contributed by atoms with van der Waals surface area (Å²) in [5.41, 5.74) is 1.07. The van der Waals surface area contributed by atoms with E-state index in [0.717, 1.165) is 5.69 Å². The highest BCUT2D eigenvalue weighted by Gasteiger charge is 2.24. The minimum absolute atomic E-state index is 0.0845. The number of nitrogens with one attached hydrogen (secondary N) is 1. The molecule has 1 aromatic rings.